The first kappa shape index (κ1) is 26.4. The zero-order valence-corrected chi connectivity index (χ0v) is 18.4. The van der Waals surface area contributed by atoms with Crippen LogP contribution < -0.4 is 0 Å². The van der Waals surface area contributed by atoms with Gasteiger partial charge in [0.15, 0.2) is 0 Å². The van der Waals surface area contributed by atoms with Gasteiger partial charge in [-0.15, -0.1) is 0 Å². The Bertz CT molecular complexity index is 318. The molecule has 1 N–H and O–H groups in total. The Labute approximate surface area is 175 Å². The maximum atomic E-state index is 10.5. The predicted molar refractivity (Wildman–Crippen MR) is 102 cm³/mol. The van der Waals surface area contributed by atoms with Crippen molar-refractivity contribution < 1.29 is 13.0 Å². The fourth-order valence-corrected chi connectivity index (χ4v) is 3.40. The van der Waals surface area contributed by atoms with Crippen LogP contribution >= 0.6 is 0 Å². The van der Waals surface area contributed by atoms with E-state index in [0.717, 1.165) is 12.8 Å². The molecule has 0 saturated heterocycles. The summed E-state index contributed by atoms with van der Waals surface area (Å²) in [6.45, 7) is 2.26. The van der Waals surface area contributed by atoms with Gasteiger partial charge in [0.1, 0.15) is 0 Å². The van der Waals surface area contributed by atoms with Crippen molar-refractivity contribution in [3.8, 4) is 0 Å². The molecule has 0 amide bonds. The SMILES string of the molecule is CCCCCCCCCCCCCCCCCCS(=O)(=O)O.[Ca]. The molecule has 5 heteroatoms. The van der Waals surface area contributed by atoms with Crippen LogP contribution in [0.5, 0.6) is 0 Å². The number of hydrogen-bond donors (Lipinski definition) is 1. The number of rotatable bonds is 17. The molecule has 23 heavy (non-hydrogen) atoms. The van der Waals surface area contributed by atoms with Gasteiger partial charge in [0, 0.05) is 37.7 Å². The zero-order valence-electron chi connectivity index (χ0n) is 15.4. The standard InChI is InChI=1S/C18H38O3S.Ca/c1-2-3-4-5-6-7-8-9-10-11-12-13-14-15-16-17-18-22(19,20)21;/h2-18H2,1H3,(H,19,20,21);. The Morgan fingerprint density at radius 2 is 0.826 bits per heavy atom. The van der Waals surface area contributed by atoms with E-state index >= 15 is 0 Å². The summed E-state index contributed by atoms with van der Waals surface area (Å²) >= 11 is 0. The minimum atomic E-state index is -3.74. The average Bonchev–Trinajstić information content (AvgIpc) is 2.45. The van der Waals surface area contributed by atoms with Gasteiger partial charge in [-0.2, -0.15) is 8.42 Å². The Kier molecular flexibility index (Phi) is 22.4. The summed E-state index contributed by atoms with van der Waals surface area (Å²) in [6.07, 6.45) is 20.3. The fourth-order valence-electron chi connectivity index (χ4n) is 2.83. The zero-order chi connectivity index (χ0) is 16.5. The van der Waals surface area contributed by atoms with Crippen molar-refractivity contribution in [2.75, 3.05) is 5.75 Å². The summed E-state index contributed by atoms with van der Waals surface area (Å²) in [7, 11) is -3.74. The normalized spacial score (nSPS) is 11.4. The summed E-state index contributed by atoms with van der Waals surface area (Å²) < 4.78 is 29.7. The third kappa shape index (κ3) is 25.5. The molecule has 0 saturated carbocycles. The molecular formula is C18H38CaO3S. The van der Waals surface area contributed by atoms with Crippen LogP contribution in [0.4, 0.5) is 0 Å². The largest absolute Gasteiger partial charge is 0.286 e. The summed E-state index contributed by atoms with van der Waals surface area (Å²) in [5.74, 6) is -0.0779. The third-order valence-corrected chi connectivity index (χ3v) is 5.06. The van der Waals surface area contributed by atoms with E-state index in [0.29, 0.717) is 6.42 Å². The van der Waals surface area contributed by atoms with Crippen molar-refractivity contribution >= 4 is 47.9 Å². The topological polar surface area (TPSA) is 54.4 Å². The number of hydrogen-bond acceptors (Lipinski definition) is 2. The molecule has 2 radical (unpaired) electrons. The molecule has 0 aliphatic rings. The summed E-state index contributed by atoms with van der Waals surface area (Å²) in [4.78, 5) is 0. The van der Waals surface area contributed by atoms with Crippen LogP contribution in [0, 0.1) is 0 Å². The maximum absolute atomic E-state index is 10.5. The Morgan fingerprint density at radius 1 is 0.565 bits per heavy atom. The molecule has 0 rings (SSSR count). The first-order valence-electron chi connectivity index (χ1n) is 9.51. The van der Waals surface area contributed by atoms with Crippen molar-refractivity contribution in [3.63, 3.8) is 0 Å². The minimum absolute atomic E-state index is 0. The molecule has 0 fully saturated rings. The van der Waals surface area contributed by atoms with Crippen LogP contribution in [-0.4, -0.2) is 56.5 Å². The third-order valence-electron chi connectivity index (χ3n) is 4.26. The van der Waals surface area contributed by atoms with E-state index in [1.54, 1.807) is 0 Å². The molecule has 0 aromatic heterocycles. The van der Waals surface area contributed by atoms with Crippen molar-refractivity contribution in [2.24, 2.45) is 0 Å². The second kappa shape index (κ2) is 19.5. The molecule has 0 aromatic carbocycles. The van der Waals surface area contributed by atoms with Gasteiger partial charge in [0.05, 0.1) is 5.75 Å². The van der Waals surface area contributed by atoms with Gasteiger partial charge < -0.3 is 0 Å². The Morgan fingerprint density at radius 3 is 1.09 bits per heavy atom. The van der Waals surface area contributed by atoms with Gasteiger partial charge in [-0.25, -0.2) is 0 Å². The summed E-state index contributed by atoms with van der Waals surface area (Å²) in [5.41, 5.74) is 0. The van der Waals surface area contributed by atoms with Crippen LogP contribution in [0.15, 0.2) is 0 Å². The Balaban J connectivity index is 0. The van der Waals surface area contributed by atoms with Crippen LogP contribution in [0.1, 0.15) is 110 Å². The van der Waals surface area contributed by atoms with Gasteiger partial charge >= 0.3 is 0 Å². The van der Waals surface area contributed by atoms with Crippen LogP contribution in [0.25, 0.3) is 0 Å². The van der Waals surface area contributed by atoms with E-state index in [-0.39, 0.29) is 43.5 Å². The smallest absolute Gasteiger partial charge is 0.264 e. The monoisotopic (exact) mass is 374 g/mol. The molecule has 0 atom stereocenters. The first-order valence-corrected chi connectivity index (χ1v) is 11.1. The van der Waals surface area contributed by atoms with Gasteiger partial charge in [-0.3, -0.25) is 4.55 Å². The van der Waals surface area contributed by atoms with E-state index < -0.39 is 10.1 Å². The molecule has 136 valence electrons. The van der Waals surface area contributed by atoms with Gasteiger partial charge in [-0.05, 0) is 6.42 Å². The molecule has 0 spiro atoms. The van der Waals surface area contributed by atoms with E-state index in [4.69, 9.17) is 4.55 Å². The van der Waals surface area contributed by atoms with Gasteiger partial charge in [0.25, 0.3) is 10.1 Å². The van der Waals surface area contributed by atoms with E-state index in [1.165, 1.54) is 83.5 Å². The van der Waals surface area contributed by atoms with Crippen LogP contribution in [0.2, 0.25) is 0 Å². The molecule has 0 heterocycles. The predicted octanol–water partition coefficient (Wildman–Crippen LogP) is 5.75. The van der Waals surface area contributed by atoms with Gasteiger partial charge in [0.2, 0.25) is 0 Å². The molecule has 0 aromatic rings. The molecule has 3 nitrogen and oxygen atoms in total. The number of unbranched alkanes of at least 4 members (excludes halogenated alkanes) is 15. The summed E-state index contributed by atoms with van der Waals surface area (Å²) in [5, 5.41) is 0. The molecular weight excluding hydrogens is 336 g/mol. The molecule has 0 aliphatic heterocycles. The summed E-state index contributed by atoms with van der Waals surface area (Å²) in [6, 6.07) is 0. The van der Waals surface area contributed by atoms with Crippen molar-refractivity contribution in [2.45, 2.75) is 110 Å². The van der Waals surface area contributed by atoms with Crippen molar-refractivity contribution in [3.05, 3.63) is 0 Å². The average molecular weight is 375 g/mol. The maximum Gasteiger partial charge on any atom is 0.264 e. The van der Waals surface area contributed by atoms with E-state index in [9.17, 15) is 8.42 Å². The van der Waals surface area contributed by atoms with E-state index in [2.05, 4.69) is 6.92 Å². The second-order valence-corrected chi connectivity index (χ2v) is 8.16. The molecule has 0 unspecified atom stereocenters. The second-order valence-electron chi connectivity index (χ2n) is 6.59. The fraction of sp³-hybridized carbons (Fsp3) is 1.00. The van der Waals surface area contributed by atoms with Crippen molar-refractivity contribution in [1.29, 1.82) is 0 Å². The molecule has 0 aliphatic carbocycles. The Hall–Kier alpha value is 1.17. The quantitative estimate of drug-likeness (QED) is 0.200. The van der Waals surface area contributed by atoms with Crippen molar-refractivity contribution in [1.82, 2.24) is 0 Å². The van der Waals surface area contributed by atoms with Crippen LogP contribution in [0.3, 0.4) is 0 Å². The van der Waals surface area contributed by atoms with E-state index in [1.807, 2.05) is 0 Å². The minimum Gasteiger partial charge on any atom is -0.286 e. The first-order chi connectivity index (χ1) is 10.6. The van der Waals surface area contributed by atoms with Gasteiger partial charge in [-0.1, -0.05) is 103 Å². The molecule has 0 bridgehead atoms. The van der Waals surface area contributed by atoms with Crippen LogP contribution in [-0.2, 0) is 10.1 Å².